The molecule has 0 atom stereocenters. The number of halogens is 3. The van der Waals surface area contributed by atoms with Gasteiger partial charge in [-0.05, 0) is 17.2 Å². The summed E-state index contributed by atoms with van der Waals surface area (Å²) in [6.07, 6.45) is 0. The molecule has 1 rings (SSSR count). The second-order valence-corrected chi connectivity index (χ2v) is 2.25. The van der Waals surface area contributed by atoms with Gasteiger partial charge in [0.25, 0.3) is 0 Å². The lowest BCUT2D eigenvalue weighted by Crippen LogP contribution is -1.93. The zero-order valence-electron chi connectivity index (χ0n) is 6.34. The lowest BCUT2D eigenvalue weighted by Gasteiger charge is -1.99. The molecule has 6 heteroatoms. The third kappa shape index (κ3) is 2.13. The number of hydrogen-bond acceptors (Lipinski definition) is 1. The first kappa shape index (κ1) is 9.41. The quantitative estimate of drug-likeness (QED) is 0.296. The molecule has 0 unspecified atom stereocenters. The van der Waals surface area contributed by atoms with Gasteiger partial charge in [-0.25, -0.2) is 13.2 Å². The highest BCUT2D eigenvalue weighted by atomic mass is 19.2. The predicted octanol–water partition coefficient (Wildman–Crippen LogP) is 2.91. The van der Waals surface area contributed by atoms with Crippen LogP contribution in [-0.4, -0.2) is 0 Å². The molecule has 0 bridgehead atoms. The van der Waals surface area contributed by atoms with Crippen molar-refractivity contribution in [2.45, 2.75) is 6.54 Å². The summed E-state index contributed by atoms with van der Waals surface area (Å²) in [4.78, 5) is 2.37. The fourth-order valence-corrected chi connectivity index (χ4v) is 0.793. The van der Waals surface area contributed by atoms with E-state index in [4.69, 9.17) is 5.53 Å². The molecule has 1 aromatic carbocycles. The maximum Gasteiger partial charge on any atom is 0.161 e. The molecule has 1 aromatic rings. The summed E-state index contributed by atoms with van der Waals surface area (Å²) < 4.78 is 37.6. The molecular weight excluding hydrogens is 183 g/mol. The van der Waals surface area contributed by atoms with E-state index in [9.17, 15) is 13.2 Å². The van der Waals surface area contributed by atoms with E-state index in [1.165, 1.54) is 0 Å². The van der Waals surface area contributed by atoms with Crippen LogP contribution in [0.3, 0.4) is 0 Å². The molecule has 0 saturated carbocycles. The van der Waals surface area contributed by atoms with Gasteiger partial charge in [-0.3, -0.25) is 0 Å². The monoisotopic (exact) mass is 187 g/mol. The first-order valence-corrected chi connectivity index (χ1v) is 3.29. The summed E-state index contributed by atoms with van der Waals surface area (Å²) in [5.41, 5.74) is 7.74. The van der Waals surface area contributed by atoms with Gasteiger partial charge in [0.15, 0.2) is 11.6 Å². The largest absolute Gasteiger partial charge is 0.207 e. The predicted molar refractivity (Wildman–Crippen MR) is 39.2 cm³/mol. The van der Waals surface area contributed by atoms with Crippen molar-refractivity contribution < 1.29 is 13.2 Å². The number of nitrogens with zero attached hydrogens (tertiary/aromatic N) is 3. The molecule has 0 saturated heterocycles. The SMILES string of the molecule is [N-]=[N+]=NCc1cc(F)c(F)cc1F. The third-order valence-electron chi connectivity index (χ3n) is 1.39. The van der Waals surface area contributed by atoms with Gasteiger partial charge in [0, 0.05) is 11.0 Å². The van der Waals surface area contributed by atoms with Crippen LogP contribution >= 0.6 is 0 Å². The number of hydrogen-bond donors (Lipinski definition) is 0. The minimum Gasteiger partial charge on any atom is -0.207 e. The molecule has 3 nitrogen and oxygen atoms in total. The number of azide groups is 1. The Bertz CT molecular complexity index is 371. The van der Waals surface area contributed by atoms with Gasteiger partial charge < -0.3 is 0 Å². The Morgan fingerprint density at radius 3 is 2.38 bits per heavy atom. The van der Waals surface area contributed by atoms with Crippen LogP contribution in [0.5, 0.6) is 0 Å². The summed E-state index contributed by atoms with van der Waals surface area (Å²) in [6, 6.07) is 1.08. The summed E-state index contributed by atoms with van der Waals surface area (Å²) in [5.74, 6) is -3.35. The summed E-state index contributed by atoms with van der Waals surface area (Å²) in [7, 11) is 0. The standard InChI is InChI=1S/C7H4F3N3/c8-5-2-7(10)6(9)1-4(5)3-12-13-11/h1-2H,3H2. The van der Waals surface area contributed by atoms with Gasteiger partial charge in [-0.15, -0.1) is 0 Å². The lowest BCUT2D eigenvalue weighted by atomic mass is 10.2. The highest BCUT2D eigenvalue weighted by molar-refractivity contribution is 5.19. The molecule has 13 heavy (non-hydrogen) atoms. The van der Waals surface area contributed by atoms with Gasteiger partial charge in [0.1, 0.15) is 5.82 Å². The van der Waals surface area contributed by atoms with Crippen molar-refractivity contribution in [1.82, 2.24) is 0 Å². The van der Waals surface area contributed by atoms with Gasteiger partial charge in [0.2, 0.25) is 0 Å². The van der Waals surface area contributed by atoms with E-state index in [2.05, 4.69) is 10.0 Å². The Hall–Kier alpha value is -1.68. The average molecular weight is 187 g/mol. The van der Waals surface area contributed by atoms with Crippen LogP contribution in [0.15, 0.2) is 17.2 Å². The first-order chi connectivity index (χ1) is 6.15. The van der Waals surface area contributed by atoms with Crippen molar-refractivity contribution in [3.05, 3.63) is 45.6 Å². The van der Waals surface area contributed by atoms with Gasteiger partial charge in [-0.1, -0.05) is 5.11 Å². The minimum absolute atomic E-state index is 0.170. The highest BCUT2D eigenvalue weighted by Crippen LogP contribution is 2.14. The van der Waals surface area contributed by atoms with Crippen LogP contribution in [0, 0.1) is 17.5 Å². The fourth-order valence-electron chi connectivity index (χ4n) is 0.793. The van der Waals surface area contributed by atoms with E-state index in [1.54, 1.807) is 0 Å². The van der Waals surface area contributed by atoms with E-state index >= 15 is 0 Å². The van der Waals surface area contributed by atoms with Gasteiger partial charge in [-0.2, -0.15) is 0 Å². The molecule has 0 radical (unpaired) electrons. The second kappa shape index (κ2) is 3.82. The van der Waals surface area contributed by atoms with Crippen LogP contribution < -0.4 is 0 Å². The van der Waals surface area contributed by atoms with E-state index in [1.807, 2.05) is 0 Å². The van der Waals surface area contributed by atoms with Crippen molar-refractivity contribution in [1.29, 1.82) is 0 Å². The molecule has 0 aliphatic carbocycles. The molecule has 0 aromatic heterocycles. The fraction of sp³-hybridized carbons (Fsp3) is 0.143. The molecule has 0 N–H and O–H groups in total. The molecule has 0 aliphatic heterocycles. The van der Waals surface area contributed by atoms with E-state index in [0.717, 1.165) is 0 Å². The molecule has 0 aliphatic rings. The normalized spacial score (nSPS) is 9.46. The van der Waals surface area contributed by atoms with Gasteiger partial charge in [0.05, 0.1) is 6.54 Å². The average Bonchev–Trinajstić information content (AvgIpc) is 2.09. The Balaban J connectivity index is 3.07. The Morgan fingerprint density at radius 1 is 1.15 bits per heavy atom. The molecule has 0 spiro atoms. The molecule has 68 valence electrons. The van der Waals surface area contributed by atoms with E-state index < -0.39 is 17.5 Å². The topological polar surface area (TPSA) is 48.8 Å². The van der Waals surface area contributed by atoms with Crippen LogP contribution in [0.1, 0.15) is 5.56 Å². The zero-order chi connectivity index (χ0) is 9.84. The summed E-state index contributed by atoms with van der Waals surface area (Å²) in [5, 5.41) is 3.03. The van der Waals surface area contributed by atoms with Crippen molar-refractivity contribution in [3.63, 3.8) is 0 Å². The van der Waals surface area contributed by atoms with Crippen molar-refractivity contribution >= 4 is 0 Å². The smallest absolute Gasteiger partial charge is 0.161 e. The van der Waals surface area contributed by atoms with E-state index in [0.29, 0.717) is 12.1 Å². The Kier molecular flexibility index (Phi) is 2.76. The number of rotatable bonds is 2. The molecule has 0 amide bonds. The molecular formula is C7H4F3N3. The summed E-state index contributed by atoms with van der Waals surface area (Å²) in [6.45, 7) is -0.334. The Morgan fingerprint density at radius 2 is 1.77 bits per heavy atom. The van der Waals surface area contributed by atoms with Gasteiger partial charge >= 0.3 is 0 Å². The minimum atomic E-state index is -1.26. The second-order valence-electron chi connectivity index (χ2n) is 2.25. The zero-order valence-corrected chi connectivity index (χ0v) is 6.34. The maximum absolute atomic E-state index is 12.8. The third-order valence-corrected chi connectivity index (χ3v) is 1.39. The van der Waals surface area contributed by atoms with Crippen molar-refractivity contribution in [2.75, 3.05) is 0 Å². The van der Waals surface area contributed by atoms with Crippen LogP contribution in [0.2, 0.25) is 0 Å². The number of benzene rings is 1. The van der Waals surface area contributed by atoms with Crippen molar-refractivity contribution in [2.24, 2.45) is 5.11 Å². The summed E-state index contributed by atoms with van der Waals surface area (Å²) >= 11 is 0. The van der Waals surface area contributed by atoms with Crippen molar-refractivity contribution in [3.8, 4) is 0 Å². The maximum atomic E-state index is 12.8. The van der Waals surface area contributed by atoms with Crippen LogP contribution in [-0.2, 0) is 6.54 Å². The first-order valence-electron chi connectivity index (χ1n) is 3.29. The Labute approximate surface area is 71.4 Å². The van der Waals surface area contributed by atoms with Crippen LogP contribution in [0.4, 0.5) is 13.2 Å². The highest BCUT2D eigenvalue weighted by Gasteiger charge is 2.08. The molecule has 0 heterocycles. The lowest BCUT2D eigenvalue weighted by molar-refractivity contribution is 0.490. The molecule has 0 fully saturated rings. The van der Waals surface area contributed by atoms with E-state index in [-0.39, 0.29) is 12.1 Å². The van der Waals surface area contributed by atoms with Crippen LogP contribution in [0.25, 0.3) is 10.4 Å².